The number of benzene rings is 1. The van der Waals surface area contributed by atoms with Gasteiger partial charge in [-0.3, -0.25) is 10.1 Å². The summed E-state index contributed by atoms with van der Waals surface area (Å²) in [6, 6.07) is 8.35. The van der Waals surface area contributed by atoms with Gasteiger partial charge in [0.1, 0.15) is 6.17 Å². The molecule has 1 heterocycles. The summed E-state index contributed by atoms with van der Waals surface area (Å²) in [4.78, 5) is 14.6. The number of carbonyl (C=O) groups is 1. The molecule has 3 unspecified atom stereocenters. The molecular weight excluding hydrogens is 248 g/mol. The molecular formula is C17H26N2O. The molecule has 110 valence electrons. The average molecular weight is 274 g/mol. The van der Waals surface area contributed by atoms with Gasteiger partial charge in [0, 0.05) is 6.04 Å². The van der Waals surface area contributed by atoms with Gasteiger partial charge in [-0.25, -0.2) is 0 Å². The Morgan fingerprint density at radius 2 is 1.85 bits per heavy atom. The number of hydrogen-bond donors (Lipinski definition) is 1. The molecule has 0 aromatic heterocycles. The van der Waals surface area contributed by atoms with E-state index in [1.165, 1.54) is 11.1 Å². The van der Waals surface area contributed by atoms with Crippen molar-refractivity contribution < 1.29 is 4.79 Å². The van der Waals surface area contributed by atoms with E-state index >= 15 is 0 Å². The second-order valence-corrected chi connectivity index (χ2v) is 6.93. The molecule has 1 amide bonds. The van der Waals surface area contributed by atoms with Crippen LogP contribution in [-0.4, -0.2) is 22.9 Å². The van der Waals surface area contributed by atoms with E-state index in [2.05, 4.69) is 52.1 Å². The molecule has 2 rings (SSSR count). The maximum atomic E-state index is 12.6. The van der Waals surface area contributed by atoms with E-state index in [-0.39, 0.29) is 29.6 Å². The molecule has 0 spiro atoms. The van der Waals surface area contributed by atoms with Crippen molar-refractivity contribution in [2.75, 3.05) is 0 Å². The largest absolute Gasteiger partial charge is 0.318 e. The highest BCUT2D eigenvalue weighted by Crippen LogP contribution is 2.35. The summed E-state index contributed by atoms with van der Waals surface area (Å²) in [6.07, 6.45) is -0.0204. The van der Waals surface area contributed by atoms with Crippen molar-refractivity contribution in [3.8, 4) is 0 Å². The van der Waals surface area contributed by atoms with Crippen molar-refractivity contribution in [1.82, 2.24) is 10.2 Å². The summed E-state index contributed by atoms with van der Waals surface area (Å²) < 4.78 is 0. The molecule has 0 bridgehead atoms. The quantitative estimate of drug-likeness (QED) is 0.898. The van der Waals surface area contributed by atoms with Crippen molar-refractivity contribution in [2.45, 2.75) is 59.8 Å². The van der Waals surface area contributed by atoms with E-state index in [0.29, 0.717) is 0 Å². The smallest absolute Gasteiger partial charge is 0.241 e. The summed E-state index contributed by atoms with van der Waals surface area (Å²) in [6.45, 7) is 12.7. The van der Waals surface area contributed by atoms with Crippen LogP contribution >= 0.6 is 0 Å². The molecule has 1 fully saturated rings. The van der Waals surface area contributed by atoms with Crippen LogP contribution in [0.5, 0.6) is 0 Å². The van der Waals surface area contributed by atoms with Crippen molar-refractivity contribution in [3.63, 3.8) is 0 Å². The number of carbonyl (C=O) groups excluding carboxylic acids is 1. The molecule has 3 heteroatoms. The zero-order valence-electron chi connectivity index (χ0n) is 13.4. The van der Waals surface area contributed by atoms with Gasteiger partial charge in [-0.15, -0.1) is 0 Å². The molecule has 1 aromatic carbocycles. The normalized spacial score (nSPS) is 25.1. The molecule has 20 heavy (non-hydrogen) atoms. The highest BCUT2D eigenvalue weighted by atomic mass is 16.2. The molecule has 1 aromatic rings. The molecule has 0 aliphatic carbocycles. The minimum absolute atomic E-state index is 0.0204. The Balaban J connectivity index is 2.41. The molecule has 1 N–H and O–H groups in total. The Kier molecular flexibility index (Phi) is 3.92. The highest BCUT2D eigenvalue weighted by Gasteiger charge is 2.43. The number of aryl methyl sites for hydroxylation is 1. The maximum Gasteiger partial charge on any atom is 0.241 e. The highest BCUT2D eigenvalue weighted by molar-refractivity contribution is 5.84. The SMILES string of the molecule is Cc1ccccc1C1NC(C)C(=O)N1C(C)C(C)(C)C. The van der Waals surface area contributed by atoms with Crippen LogP contribution in [0.25, 0.3) is 0 Å². The van der Waals surface area contributed by atoms with Crippen LogP contribution in [0.4, 0.5) is 0 Å². The van der Waals surface area contributed by atoms with Crippen LogP contribution in [0.2, 0.25) is 0 Å². The van der Waals surface area contributed by atoms with Crippen LogP contribution in [0.15, 0.2) is 24.3 Å². The predicted octanol–water partition coefficient (Wildman–Crippen LogP) is 3.25. The first-order chi connectivity index (χ1) is 9.23. The van der Waals surface area contributed by atoms with Gasteiger partial charge in [-0.2, -0.15) is 0 Å². The van der Waals surface area contributed by atoms with Crippen molar-refractivity contribution >= 4 is 5.91 Å². The molecule has 3 nitrogen and oxygen atoms in total. The van der Waals surface area contributed by atoms with Gasteiger partial charge in [0.2, 0.25) is 5.91 Å². The monoisotopic (exact) mass is 274 g/mol. The summed E-state index contributed by atoms with van der Waals surface area (Å²) in [5, 5.41) is 3.44. The van der Waals surface area contributed by atoms with Gasteiger partial charge in [0.15, 0.2) is 0 Å². The lowest BCUT2D eigenvalue weighted by molar-refractivity contribution is -0.134. The number of amides is 1. The third kappa shape index (κ3) is 2.59. The van der Waals surface area contributed by atoms with E-state index in [0.717, 1.165) is 0 Å². The van der Waals surface area contributed by atoms with E-state index in [1.807, 2.05) is 24.0 Å². The van der Waals surface area contributed by atoms with E-state index in [9.17, 15) is 4.79 Å². The fraction of sp³-hybridized carbons (Fsp3) is 0.588. The first-order valence-electron chi connectivity index (χ1n) is 7.37. The number of nitrogens with one attached hydrogen (secondary N) is 1. The van der Waals surface area contributed by atoms with Gasteiger partial charge in [0.05, 0.1) is 6.04 Å². The lowest BCUT2D eigenvalue weighted by Crippen LogP contribution is -2.45. The molecule has 1 saturated heterocycles. The predicted molar refractivity (Wildman–Crippen MR) is 82.3 cm³/mol. The third-order valence-electron chi connectivity index (χ3n) is 4.46. The fourth-order valence-corrected chi connectivity index (χ4v) is 2.70. The van der Waals surface area contributed by atoms with Gasteiger partial charge >= 0.3 is 0 Å². The second kappa shape index (κ2) is 5.21. The fourth-order valence-electron chi connectivity index (χ4n) is 2.70. The Morgan fingerprint density at radius 1 is 1.25 bits per heavy atom. The van der Waals surface area contributed by atoms with Gasteiger partial charge in [-0.1, -0.05) is 45.0 Å². The van der Waals surface area contributed by atoms with E-state index in [4.69, 9.17) is 0 Å². The zero-order valence-corrected chi connectivity index (χ0v) is 13.4. The van der Waals surface area contributed by atoms with Crippen LogP contribution in [0.1, 0.15) is 51.9 Å². The van der Waals surface area contributed by atoms with Crippen molar-refractivity contribution in [1.29, 1.82) is 0 Å². The lowest BCUT2D eigenvalue weighted by atomic mass is 9.86. The number of rotatable bonds is 2. The lowest BCUT2D eigenvalue weighted by Gasteiger charge is -2.39. The summed E-state index contributed by atoms with van der Waals surface area (Å²) >= 11 is 0. The Labute approximate surface area is 122 Å². The molecule has 1 aliphatic rings. The molecule has 1 aliphatic heterocycles. The first-order valence-corrected chi connectivity index (χ1v) is 7.37. The molecule has 0 radical (unpaired) electrons. The molecule has 3 atom stereocenters. The minimum atomic E-state index is -0.121. The Morgan fingerprint density at radius 3 is 2.40 bits per heavy atom. The zero-order chi connectivity index (χ0) is 15.1. The average Bonchev–Trinajstić information content (AvgIpc) is 2.64. The van der Waals surface area contributed by atoms with Gasteiger partial charge < -0.3 is 4.90 Å². The summed E-state index contributed by atoms with van der Waals surface area (Å²) in [7, 11) is 0. The van der Waals surface area contributed by atoms with Crippen LogP contribution in [0.3, 0.4) is 0 Å². The maximum absolute atomic E-state index is 12.6. The second-order valence-electron chi connectivity index (χ2n) is 6.93. The minimum Gasteiger partial charge on any atom is -0.318 e. The van der Waals surface area contributed by atoms with Crippen molar-refractivity contribution in [3.05, 3.63) is 35.4 Å². The van der Waals surface area contributed by atoms with Crippen molar-refractivity contribution in [2.24, 2.45) is 5.41 Å². The molecule has 0 saturated carbocycles. The summed E-state index contributed by atoms with van der Waals surface area (Å²) in [5.74, 6) is 0.195. The third-order valence-corrected chi connectivity index (χ3v) is 4.46. The number of nitrogens with zero attached hydrogens (tertiary/aromatic N) is 1. The summed E-state index contributed by atoms with van der Waals surface area (Å²) in [5.41, 5.74) is 2.47. The van der Waals surface area contributed by atoms with E-state index in [1.54, 1.807) is 0 Å². The first kappa shape index (κ1) is 15.0. The van der Waals surface area contributed by atoms with Crippen LogP contribution in [0, 0.1) is 12.3 Å². The topological polar surface area (TPSA) is 32.3 Å². The van der Waals surface area contributed by atoms with E-state index < -0.39 is 0 Å². The number of hydrogen-bond acceptors (Lipinski definition) is 2. The Hall–Kier alpha value is -1.35. The van der Waals surface area contributed by atoms with Gasteiger partial charge in [0.25, 0.3) is 0 Å². The van der Waals surface area contributed by atoms with Crippen LogP contribution in [-0.2, 0) is 4.79 Å². The van der Waals surface area contributed by atoms with Crippen LogP contribution < -0.4 is 5.32 Å². The Bertz CT molecular complexity index is 504. The van der Waals surface area contributed by atoms with Gasteiger partial charge in [-0.05, 0) is 37.3 Å². The standard InChI is InChI=1S/C17H26N2O/c1-11-9-7-8-10-14(11)15-18-12(2)16(20)19(15)13(3)17(4,5)6/h7-10,12-13,15,18H,1-6H3.